The third-order valence-corrected chi connectivity index (χ3v) is 5.67. The predicted octanol–water partition coefficient (Wildman–Crippen LogP) is 5.29. The average molecular weight is 304 g/mol. The molecule has 0 aromatic carbocycles. The van der Waals surface area contributed by atoms with Crippen LogP contribution in [-0.2, 0) is 9.53 Å². The van der Waals surface area contributed by atoms with Gasteiger partial charge in [0.25, 0.3) is 0 Å². The Bertz CT molecular complexity index is 469. The van der Waals surface area contributed by atoms with Crippen LogP contribution >= 0.6 is 0 Å². The number of ether oxygens (including phenoxy) is 1. The zero-order valence-electron chi connectivity index (χ0n) is 14.8. The van der Waals surface area contributed by atoms with E-state index in [0.29, 0.717) is 23.9 Å². The second-order valence-electron chi connectivity index (χ2n) is 8.56. The molecule has 0 N–H and O–H groups in total. The van der Waals surface area contributed by atoms with Gasteiger partial charge in [0.1, 0.15) is 0 Å². The molecule has 2 bridgehead atoms. The Hall–Kier alpha value is -1.05. The highest BCUT2D eigenvalue weighted by atomic mass is 16.5. The molecule has 0 amide bonds. The van der Waals surface area contributed by atoms with Gasteiger partial charge in [0.2, 0.25) is 0 Å². The van der Waals surface area contributed by atoms with Crippen LogP contribution in [0.2, 0.25) is 0 Å². The fourth-order valence-corrected chi connectivity index (χ4v) is 4.38. The van der Waals surface area contributed by atoms with Gasteiger partial charge < -0.3 is 4.74 Å². The molecule has 3 saturated carbocycles. The maximum atomic E-state index is 11.8. The number of hydrogen-bond donors (Lipinski definition) is 0. The zero-order valence-corrected chi connectivity index (χ0v) is 14.8. The summed E-state index contributed by atoms with van der Waals surface area (Å²) in [4.78, 5) is 11.8. The van der Waals surface area contributed by atoms with Crippen LogP contribution in [0, 0.1) is 22.7 Å². The molecule has 2 heteroatoms. The molecule has 3 aliphatic carbocycles. The van der Waals surface area contributed by atoms with Crippen molar-refractivity contribution in [2.75, 3.05) is 6.61 Å². The Labute approximate surface area is 136 Å². The monoisotopic (exact) mass is 304 g/mol. The first kappa shape index (κ1) is 17.3. The fraction of sp³-hybridized carbons (Fsp3) is 0.750. The van der Waals surface area contributed by atoms with Crippen LogP contribution in [0.1, 0.15) is 66.2 Å². The highest BCUT2D eigenvalue weighted by Gasteiger charge is 2.48. The molecular weight excluding hydrogens is 272 g/mol. The first-order valence-electron chi connectivity index (χ1n) is 8.66. The molecule has 22 heavy (non-hydrogen) atoms. The third-order valence-electron chi connectivity index (χ3n) is 5.67. The van der Waals surface area contributed by atoms with Crippen molar-refractivity contribution >= 4 is 5.97 Å². The Morgan fingerprint density at radius 2 is 2.09 bits per heavy atom. The van der Waals surface area contributed by atoms with Crippen LogP contribution in [0.4, 0.5) is 0 Å². The summed E-state index contributed by atoms with van der Waals surface area (Å²) in [7, 11) is 0. The first-order chi connectivity index (χ1) is 10.2. The second kappa shape index (κ2) is 6.22. The van der Waals surface area contributed by atoms with Gasteiger partial charge in [-0.15, -0.1) is 0 Å². The van der Waals surface area contributed by atoms with Gasteiger partial charge >= 0.3 is 5.97 Å². The average Bonchev–Trinajstić information content (AvgIpc) is 2.42. The quantitative estimate of drug-likeness (QED) is 0.391. The van der Waals surface area contributed by atoms with E-state index in [4.69, 9.17) is 4.74 Å². The van der Waals surface area contributed by atoms with Gasteiger partial charge in [0, 0.05) is 0 Å². The topological polar surface area (TPSA) is 26.3 Å². The van der Waals surface area contributed by atoms with Crippen molar-refractivity contribution in [1.29, 1.82) is 0 Å². The summed E-state index contributed by atoms with van der Waals surface area (Å²) in [5.74, 6) is 1.23. The summed E-state index contributed by atoms with van der Waals surface area (Å²) in [6.07, 6.45) is 7.00. The van der Waals surface area contributed by atoms with Crippen molar-refractivity contribution in [3.05, 3.63) is 24.3 Å². The van der Waals surface area contributed by atoms with E-state index in [2.05, 4.69) is 20.1 Å². The molecular formula is C20H32O2. The molecule has 0 saturated heterocycles. The van der Waals surface area contributed by atoms with Crippen LogP contribution in [0.3, 0.4) is 0 Å². The third kappa shape index (κ3) is 3.47. The van der Waals surface area contributed by atoms with Crippen molar-refractivity contribution in [1.82, 2.24) is 0 Å². The molecule has 0 radical (unpaired) electrons. The molecule has 0 aromatic heterocycles. The number of allylic oxidation sites excluding steroid dienone is 2. The van der Waals surface area contributed by atoms with Gasteiger partial charge in [-0.2, -0.15) is 0 Å². The van der Waals surface area contributed by atoms with E-state index in [-0.39, 0.29) is 5.97 Å². The molecule has 0 aliphatic heterocycles. The molecule has 3 rings (SSSR count). The van der Waals surface area contributed by atoms with Crippen molar-refractivity contribution in [2.45, 2.75) is 66.2 Å². The standard InChI is InChI=1S/C20H32O2/c1-14(2)17-12-16-8-10-20(17,13-15(16)3)9-7-11-22-18(21)19(4,5)6/h16-17H,1,3,7-13H2,2,4-6H3/t16-,17+,20+/m1/s1. The van der Waals surface area contributed by atoms with Crippen LogP contribution in [0.25, 0.3) is 0 Å². The van der Waals surface area contributed by atoms with E-state index in [9.17, 15) is 4.79 Å². The number of carbonyl (C=O) groups is 1. The van der Waals surface area contributed by atoms with Crippen molar-refractivity contribution < 1.29 is 9.53 Å². The van der Waals surface area contributed by atoms with E-state index in [1.807, 2.05) is 20.8 Å². The highest BCUT2D eigenvalue weighted by molar-refractivity contribution is 5.75. The van der Waals surface area contributed by atoms with Crippen LogP contribution in [-0.4, -0.2) is 12.6 Å². The minimum atomic E-state index is -0.407. The van der Waals surface area contributed by atoms with Crippen LogP contribution in [0.5, 0.6) is 0 Å². The first-order valence-corrected chi connectivity index (χ1v) is 8.66. The molecule has 0 spiro atoms. The summed E-state index contributed by atoms with van der Waals surface area (Å²) in [5, 5.41) is 0. The van der Waals surface area contributed by atoms with E-state index in [0.717, 1.165) is 19.3 Å². The Kier molecular flexibility index (Phi) is 4.89. The molecule has 0 aromatic rings. The molecule has 0 unspecified atom stereocenters. The summed E-state index contributed by atoms with van der Waals surface area (Å²) in [6.45, 7) is 17.0. The van der Waals surface area contributed by atoms with E-state index >= 15 is 0 Å². The number of rotatable bonds is 5. The Balaban J connectivity index is 1.93. The summed E-state index contributed by atoms with van der Waals surface area (Å²) >= 11 is 0. The second-order valence-corrected chi connectivity index (χ2v) is 8.56. The highest BCUT2D eigenvalue weighted by Crippen LogP contribution is 2.59. The van der Waals surface area contributed by atoms with E-state index in [1.165, 1.54) is 30.4 Å². The minimum absolute atomic E-state index is 0.0989. The molecule has 3 fully saturated rings. The zero-order chi connectivity index (χ0) is 16.5. The molecule has 124 valence electrons. The number of fused-ring (bicyclic) bond motifs is 3. The number of esters is 1. The lowest BCUT2D eigenvalue weighted by Gasteiger charge is -2.54. The van der Waals surface area contributed by atoms with Crippen LogP contribution < -0.4 is 0 Å². The Morgan fingerprint density at radius 1 is 1.41 bits per heavy atom. The van der Waals surface area contributed by atoms with Gasteiger partial charge in [0.05, 0.1) is 12.0 Å². The van der Waals surface area contributed by atoms with Gasteiger partial charge in [-0.25, -0.2) is 0 Å². The summed E-state index contributed by atoms with van der Waals surface area (Å²) in [5.41, 5.74) is 2.68. The van der Waals surface area contributed by atoms with Crippen LogP contribution in [0.15, 0.2) is 24.3 Å². The summed E-state index contributed by atoms with van der Waals surface area (Å²) < 4.78 is 5.44. The SMILES string of the molecule is C=C1C[C@]2(CCCOC(=O)C(C)(C)C)CC[C@@H]1C[C@H]2C(=C)C. The normalized spacial score (nSPS) is 31.2. The molecule has 0 heterocycles. The lowest BCUT2D eigenvalue weighted by Crippen LogP contribution is -2.43. The number of carbonyl (C=O) groups excluding carboxylic acids is 1. The lowest BCUT2D eigenvalue weighted by molar-refractivity contribution is -0.153. The molecule has 3 aliphatic rings. The Morgan fingerprint density at radius 3 is 2.64 bits per heavy atom. The number of hydrogen-bond acceptors (Lipinski definition) is 2. The maximum Gasteiger partial charge on any atom is 0.311 e. The van der Waals surface area contributed by atoms with E-state index in [1.54, 1.807) is 0 Å². The van der Waals surface area contributed by atoms with Gasteiger partial charge in [-0.3, -0.25) is 4.79 Å². The molecule has 2 nitrogen and oxygen atoms in total. The smallest absolute Gasteiger partial charge is 0.311 e. The van der Waals surface area contributed by atoms with Gasteiger partial charge in [-0.1, -0.05) is 24.3 Å². The lowest BCUT2D eigenvalue weighted by atomic mass is 9.51. The summed E-state index contributed by atoms with van der Waals surface area (Å²) in [6, 6.07) is 0. The van der Waals surface area contributed by atoms with Crippen molar-refractivity contribution in [3.8, 4) is 0 Å². The van der Waals surface area contributed by atoms with Crippen molar-refractivity contribution in [2.24, 2.45) is 22.7 Å². The fourth-order valence-electron chi connectivity index (χ4n) is 4.38. The maximum absolute atomic E-state index is 11.8. The minimum Gasteiger partial charge on any atom is -0.465 e. The predicted molar refractivity (Wildman–Crippen MR) is 91.5 cm³/mol. The largest absolute Gasteiger partial charge is 0.465 e. The van der Waals surface area contributed by atoms with Gasteiger partial charge in [-0.05, 0) is 83.5 Å². The van der Waals surface area contributed by atoms with E-state index < -0.39 is 5.41 Å². The van der Waals surface area contributed by atoms with Gasteiger partial charge in [0.15, 0.2) is 0 Å². The molecule has 3 atom stereocenters. The van der Waals surface area contributed by atoms with Crippen molar-refractivity contribution in [3.63, 3.8) is 0 Å².